The van der Waals surface area contributed by atoms with Gasteiger partial charge in [-0.15, -0.1) is 0 Å². The van der Waals surface area contributed by atoms with E-state index in [4.69, 9.17) is 0 Å². The van der Waals surface area contributed by atoms with Gasteiger partial charge in [0, 0.05) is 43.2 Å². The quantitative estimate of drug-likeness (QED) is 0.872. The molecular formula is C19H24N4O. The van der Waals surface area contributed by atoms with Crippen LogP contribution in [0.15, 0.2) is 24.5 Å². The molecule has 4 rings (SSSR count). The van der Waals surface area contributed by atoms with Gasteiger partial charge in [-0.2, -0.15) is 5.10 Å². The summed E-state index contributed by atoms with van der Waals surface area (Å²) in [5.74, 6) is 0.796. The Labute approximate surface area is 142 Å². The van der Waals surface area contributed by atoms with E-state index in [0.717, 1.165) is 31.5 Å². The maximum Gasteiger partial charge on any atom is 0.226 e. The van der Waals surface area contributed by atoms with Crippen molar-refractivity contribution in [3.05, 3.63) is 47.0 Å². The van der Waals surface area contributed by atoms with Gasteiger partial charge in [-0.1, -0.05) is 6.07 Å². The van der Waals surface area contributed by atoms with Crippen molar-refractivity contribution in [2.24, 2.45) is 13.0 Å². The summed E-state index contributed by atoms with van der Waals surface area (Å²) in [4.78, 5) is 19.4. The lowest BCUT2D eigenvalue weighted by Crippen LogP contribution is -2.32. The van der Waals surface area contributed by atoms with Gasteiger partial charge in [-0.05, 0) is 50.7 Å². The van der Waals surface area contributed by atoms with Crippen molar-refractivity contribution in [1.82, 2.24) is 19.7 Å². The minimum atomic E-state index is 0.132. The molecule has 3 heterocycles. The Kier molecular flexibility index (Phi) is 3.66. The van der Waals surface area contributed by atoms with E-state index in [1.807, 2.05) is 24.0 Å². The number of carbonyl (C=O) groups excluding carboxylic acids is 1. The monoisotopic (exact) mass is 324 g/mol. The SMILES string of the molecule is Cc1nn(C)c(C)c1C1CCCN1C(=O)C1CC1c1cccnc1. The van der Waals surface area contributed by atoms with Crippen molar-refractivity contribution < 1.29 is 4.79 Å². The molecule has 2 aromatic rings. The molecule has 5 nitrogen and oxygen atoms in total. The molecule has 3 atom stereocenters. The van der Waals surface area contributed by atoms with Gasteiger partial charge >= 0.3 is 0 Å². The zero-order valence-electron chi connectivity index (χ0n) is 14.6. The average molecular weight is 324 g/mol. The lowest BCUT2D eigenvalue weighted by Gasteiger charge is -2.25. The number of hydrogen-bond acceptors (Lipinski definition) is 3. The molecule has 0 N–H and O–H groups in total. The van der Waals surface area contributed by atoms with Crippen molar-refractivity contribution in [1.29, 1.82) is 0 Å². The van der Waals surface area contributed by atoms with Crippen molar-refractivity contribution in [2.45, 2.75) is 45.1 Å². The third kappa shape index (κ3) is 2.43. The van der Waals surface area contributed by atoms with Crippen LogP contribution < -0.4 is 0 Å². The summed E-state index contributed by atoms with van der Waals surface area (Å²) >= 11 is 0. The zero-order chi connectivity index (χ0) is 16.8. The van der Waals surface area contributed by atoms with Crippen LogP contribution in [0.5, 0.6) is 0 Å². The molecule has 1 amide bonds. The van der Waals surface area contributed by atoms with Crippen molar-refractivity contribution in [2.75, 3.05) is 6.54 Å². The molecule has 5 heteroatoms. The van der Waals surface area contributed by atoms with E-state index in [1.54, 1.807) is 6.20 Å². The standard InChI is InChI=1S/C19H24N4O/c1-12-18(13(2)22(3)21-12)17-7-5-9-23(17)19(24)16-10-15(16)14-6-4-8-20-11-14/h4,6,8,11,15-17H,5,7,9-10H2,1-3H3. The predicted octanol–water partition coefficient (Wildman–Crippen LogP) is 2.90. The largest absolute Gasteiger partial charge is 0.335 e. The van der Waals surface area contributed by atoms with Crippen LogP contribution >= 0.6 is 0 Å². The summed E-state index contributed by atoms with van der Waals surface area (Å²) < 4.78 is 1.93. The first kappa shape index (κ1) is 15.4. The molecule has 1 aliphatic carbocycles. The maximum atomic E-state index is 13.1. The second-order valence-corrected chi connectivity index (χ2v) is 7.13. The molecule has 0 aromatic carbocycles. The summed E-state index contributed by atoms with van der Waals surface area (Å²) in [6, 6.07) is 4.24. The molecule has 2 aliphatic rings. The maximum absolute atomic E-state index is 13.1. The average Bonchev–Trinajstić information content (AvgIpc) is 3.18. The third-order valence-electron chi connectivity index (χ3n) is 5.65. The highest BCUT2D eigenvalue weighted by Crippen LogP contribution is 2.50. The highest BCUT2D eigenvalue weighted by molar-refractivity contribution is 5.83. The molecule has 1 saturated heterocycles. The van der Waals surface area contributed by atoms with Gasteiger partial charge in [-0.3, -0.25) is 14.5 Å². The van der Waals surface area contributed by atoms with Crippen LogP contribution in [0.3, 0.4) is 0 Å². The number of carbonyl (C=O) groups is 1. The minimum absolute atomic E-state index is 0.132. The van der Waals surface area contributed by atoms with Crippen molar-refractivity contribution in [3.63, 3.8) is 0 Å². The second kappa shape index (κ2) is 5.72. The van der Waals surface area contributed by atoms with Gasteiger partial charge in [0.25, 0.3) is 0 Å². The molecule has 24 heavy (non-hydrogen) atoms. The van der Waals surface area contributed by atoms with Crippen molar-refractivity contribution >= 4 is 5.91 Å². The molecule has 0 bridgehead atoms. The summed E-state index contributed by atoms with van der Waals surface area (Å²) in [5, 5.41) is 4.54. The van der Waals surface area contributed by atoms with Crippen LogP contribution in [-0.2, 0) is 11.8 Å². The van der Waals surface area contributed by atoms with Crippen LogP contribution in [0, 0.1) is 19.8 Å². The van der Waals surface area contributed by atoms with E-state index < -0.39 is 0 Å². The predicted molar refractivity (Wildman–Crippen MR) is 91.5 cm³/mol. The van der Waals surface area contributed by atoms with Gasteiger partial charge in [0.05, 0.1) is 11.7 Å². The van der Waals surface area contributed by atoms with E-state index in [1.165, 1.54) is 16.8 Å². The minimum Gasteiger partial charge on any atom is -0.335 e. The lowest BCUT2D eigenvalue weighted by atomic mass is 10.0. The smallest absolute Gasteiger partial charge is 0.226 e. The topological polar surface area (TPSA) is 51.0 Å². The van der Waals surface area contributed by atoms with E-state index in [-0.39, 0.29) is 12.0 Å². The fourth-order valence-electron chi connectivity index (χ4n) is 4.25. The fourth-order valence-corrected chi connectivity index (χ4v) is 4.25. The molecular weight excluding hydrogens is 300 g/mol. The van der Waals surface area contributed by atoms with Crippen LogP contribution in [0.2, 0.25) is 0 Å². The Bertz CT molecular complexity index is 767. The first-order valence-electron chi connectivity index (χ1n) is 8.78. The molecule has 3 unspecified atom stereocenters. The number of pyridine rings is 1. The molecule has 2 fully saturated rings. The van der Waals surface area contributed by atoms with Gasteiger partial charge in [0.2, 0.25) is 5.91 Å². The Balaban J connectivity index is 1.55. The molecule has 1 saturated carbocycles. The molecule has 1 aliphatic heterocycles. The van der Waals surface area contributed by atoms with Gasteiger partial charge in [-0.25, -0.2) is 0 Å². The highest BCUT2D eigenvalue weighted by atomic mass is 16.2. The molecule has 0 radical (unpaired) electrons. The number of amides is 1. The summed E-state index contributed by atoms with van der Waals surface area (Å²) in [7, 11) is 1.98. The van der Waals surface area contributed by atoms with E-state index >= 15 is 0 Å². The van der Waals surface area contributed by atoms with Gasteiger partial charge in [0.1, 0.15) is 0 Å². The summed E-state index contributed by atoms with van der Waals surface area (Å²) in [6.45, 7) is 5.03. The fraction of sp³-hybridized carbons (Fsp3) is 0.526. The van der Waals surface area contributed by atoms with Crippen LogP contribution in [0.4, 0.5) is 0 Å². The molecule has 0 spiro atoms. The molecule has 126 valence electrons. The highest BCUT2D eigenvalue weighted by Gasteiger charge is 2.48. The van der Waals surface area contributed by atoms with E-state index in [9.17, 15) is 4.79 Å². The summed E-state index contributed by atoms with van der Waals surface area (Å²) in [6.07, 6.45) is 6.76. The van der Waals surface area contributed by atoms with Crippen LogP contribution in [0.1, 0.15) is 53.7 Å². The van der Waals surface area contributed by atoms with E-state index in [2.05, 4.69) is 34.9 Å². The number of likely N-dealkylation sites (tertiary alicyclic amines) is 1. The normalized spacial score (nSPS) is 26.0. The number of aryl methyl sites for hydroxylation is 2. The number of hydrogen-bond donors (Lipinski definition) is 0. The molecule has 2 aromatic heterocycles. The van der Waals surface area contributed by atoms with Crippen LogP contribution in [-0.4, -0.2) is 32.1 Å². The summed E-state index contributed by atoms with van der Waals surface area (Å²) in [5.41, 5.74) is 4.68. The van der Waals surface area contributed by atoms with E-state index in [0.29, 0.717) is 11.8 Å². The second-order valence-electron chi connectivity index (χ2n) is 7.13. The Morgan fingerprint density at radius 2 is 2.17 bits per heavy atom. The first-order valence-corrected chi connectivity index (χ1v) is 8.78. The zero-order valence-corrected chi connectivity index (χ0v) is 14.6. The number of nitrogens with zero attached hydrogens (tertiary/aromatic N) is 4. The number of aromatic nitrogens is 3. The van der Waals surface area contributed by atoms with Gasteiger partial charge < -0.3 is 4.90 Å². The van der Waals surface area contributed by atoms with Crippen molar-refractivity contribution in [3.8, 4) is 0 Å². The lowest BCUT2D eigenvalue weighted by molar-refractivity contribution is -0.133. The van der Waals surface area contributed by atoms with Crippen LogP contribution in [0.25, 0.3) is 0 Å². The number of rotatable bonds is 3. The Morgan fingerprint density at radius 1 is 1.33 bits per heavy atom. The Hall–Kier alpha value is -2.17. The first-order chi connectivity index (χ1) is 11.6. The Morgan fingerprint density at radius 3 is 2.83 bits per heavy atom. The third-order valence-corrected chi connectivity index (χ3v) is 5.65. The van der Waals surface area contributed by atoms with Gasteiger partial charge in [0.15, 0.2) is 0 Å².